The molecule has 28 heavy (non-hydrogen) atoms. The molecule has 8 heteroatoms. The number of halogens is 1. The summed E-state index contributed by atoms with van der Waals surface area (Å²) in [4.78, 5) is 14.3. The molecule has 142 valence electrons. The van der Waals surface area contributed by atoms with Crippen LogP contribution in [0.2, 0.25) is 5.02 Å². The number of nitrogens with zero attached hydrogens (tertiary/aromatic N) is 1. The highest BCUT2D eigenvalue weighted by atomic mass is 35.5. The van der Waals surface area contributed by atoms with Gasteiger partial charge in [-0.3, -0.25) is 0 Å². The number of sulfonamides is 1. The second-order valence-electron chi connectivity index (χ2n) is 5.63. The van der Waals surface area contributed by atoms with E-state index in [0.29, 0.717) is 21.9 Å². The Hall–Kier alpha value is -3.16. The summed E-state index contributed by atoms with van der Waals surface area (Å²) in [5.41, 5.74) is 1.01. The molecule has 6 nitrogen and oxygen atoms in total. The molecule has 0 aliphatic rings. The monoisotopic (exact) mass is 414 g/mol. The fraction of sp³-hybridized carbons (Fsp3) is 0. The van der Waals surface area contributed by atoms with Gasteiger partial charge in [-0.05, 0) is 66.2 Å². The van der Waals surface area contributed by atoms with Crippen LogP contribution in [0.15, 0.2) is 88.9 Å². The van der Waals surface area contributed by atoms with Gasteiger partial charge in [0.25, 0.3) is 10.0 Å². The minimum absolute atomic E-state index is 0.122. The second-order valence-corrected chi connectivity index (χ2v) is 7.73. The van der Waals surface area contributed by atoms with Gasteiger partial charge in [-0.1, -0.05) is 29.8 Å². The van der Waals surface area contributed by atoms with Crippen LogP contribution in [0.4, 0.5) is 0 Å². The number of nitrogens with one attached hydrogen (secondary N) is 1. The molecule has 0 saturated heterocycles. The van der Waals surface area contributed by atoms with E-state index in [1.807, 2.05) is 0 Å². The van der Waals surface area contributed by atoms with Crippen molar-refractivity contribution in [2.24, 2.45) is 5.10 Å². The van der Waals surface area contributed by atoms with Crippen molar-refractivity contribution in [1.29, 1.82) is 0 Å². The number of carbonyl (C=O) groups excluding carboxylic acids is 1. The van der Waals surface area contributed by atoms with Gasteiger partial charge in [0.05, 0.1) is 16.7 Å². The lowest BCUT2D eigenvalue weighted by atomic mass is 10.2. The molecular formula is C20H15ClN2O4S. The highest BCUT2D eigenvalue weighted by Gasteiger charge is 2.11. The van der Waals surface area contributed by atoms with Crippen LogP contribution in [0, 0.1) is 0 Å². The Bertz CT molecular complexity index is 1080. The Kier molecular flexibility index (Phi) is 6.08. The Morgan fingerprint density at radius 1 is 0.929 bits per heavy atom. The zero-order valence-corrected chi connectivity index (χ0v) is 16.0. The summed E-state index contributed by atoms with van der Waals surface area (Å²) in [5, 5.41) is 4.28. The summed E-state index contributed by atoms with van der Waals surface area (Å²) in [6.45, 7) is 0. The fourth-order valence-corrected chi connectivity index (χ4v) is 3.13. The molecule has 0 amide bonds. The molecule has 0 bridgehead atoms. The van der Waals surface area contributed by atoms with Crippen molar-refractivity contribution >= 4 is 33.8 Å². The number of benzene rings is 3. The van der Waals surface area contributed by atoms with Gasteiger partial charge in [-0.15, -0.1) is 0 Å². The van der Waals surface area contributed by atoms with E-state index in [2.05, 4.69) is 9.93 Å². The molecule has 0 spiro atoms. The summed E-state index contributed by atoms with van der Waals surface area (Å²) in [7, 11) is -3.71. The van der Waals surface area contributed by atoms with E-state index in [-0.39, 0.29) is 4.90 Å². The van der Waals surface area contributed by atoms with Crippen molar-refractivity contribution in [3.63, 3.8) is 0 Å². The molecule has 0 heterocycles. The number of esters is 1. The van der Waals surface area contributed by atoms with Crippen LogP contribution in [0.1, 0.15) is 15.9 Å². The normalized spacial score (nSPS) is 11.3. The predicted octanol–water partition coefficient (Wildman–Crippen LogP) is 3.87. The first-order valence-electron chi connectivity index (χ1n) is 8.12. The maximum Gasteiger partial charge on any atom is 0.343 e. The number of carbonyl (C=O) groups is 1. The average Bonchev–Trinajstić information content (AvgIpc) is 2.70. The summed E-state index contributed by atoms with van der Waals surface area (Å²) in [6.07, 6.45) is 1.35. The Balaban J connectivity index is 1.60. The van der Waals surface area contributed by atoms with Crippen LogP contribution in [0.25, 0.3) is 0 Å². The molecular weight excluding hydrogens is 400 g/mol. The smallest absolute Gasteiger partial charge is 0.343 e. The minimum atomic E-state index is -3.71. The largest absolute Gasteiger partial charge is 0.423 e. The molecule has 0 aromatic heterocycles. The molecule has 3 aromatic rings. The van der Waals surface area contributed by atoms with Crippen LogP contribution >= 0.6 is 11.6 Å². The molecule has 1 N–H and O–H groups in total. The van der Waals surface area contributed by atoms with Crippen molar-refractivity contribution in [1.82, 2.24) is 4.83 Å². The lowest BCUT2D eigenvalue weighted by Crippen LogP contribution is -2.18. The van der Waals surface area contributed by atoms with Gasteiger partial charge in [0, 0.05) is 5.02 Å². The van der Waals surface area contributed by atoms with Crippen LogP contribution in [0.3, 0.4) is 0 Å². The van der Waals surface area contributed by atoms with Crippen LogP contribution in [-0.4, -0.2) is 20.6 Å². The average molecular weight is 415 g/mol. The molecule has 3 aromatic carbocycles. The van der Waals surface area contributed by atoms with E-state index in [9.17, 15) is 13.2 Å². The summed E-state index contributed by atoms with van der Waals surface area (Å²) >= 11 is 5.79. The second kappa shape index (κ2) is 8.69. The van der Waals surface area contributed by atoms with Gasteiger partial charge >= 0.3 is 5.97 Å². The van der Waals surface area contributed by atoms with E-state index in [4.69, 9.17) is 16.3 Å². The van der Waals surface area contributed by atoms with Gasteiger partial charge in [0.15, 0.2) is 0 Å². The third kappa shape index (κ3) is 5.18. The maximum atomic E-state index is 12.1. The van der Waals surface area contributed by atoms with Crippen LogP contribution in [-0.2, 0) is 10.0 Å². The van der Waals surface area contributed by atoms with E-state index >= 15 is 0 Å². The van der Waals surface area contributed by atoms with Crippen LogP contribution in [0.5, 0.6) is 5.75 Å². The summed E-state index contributed by atoms with van der Waals surface area (Å²) < 4.78 is 29.4. The standard InChI is InChI=1S/C20H15ClN2O4S/c21-17-10-8-16(9-11-17)20(24)27-18-12-6-15(7-13-18)14-22-23-28(25,26)19-4-2-1-3-5-19/h1-14,23H/b22-14+. The zero-order chi connectivity index (χ0) is 20.0. The SMILES string of the molecule is O=C(Oc1ccc(/C=N/NS(=O)(=O)c2ccccc2)cc1)c1ccc(Cl)cc1. The molecule has 0 fully saturated rings. The van der Waals surface area contributed by atoms with Crippen molar-refractivity contribution in [2.45, 2.75) is 4.90 Å². The van der Waals surface area contributed by atoms with E-state index in [0.717, 1.165) is 0 Å². The predicted molar refractivity (Wildman–Crippen MR) is 107 cm³/mol. The minimum Gasteiger partial charge on any atom is -0.423 e. The highest BCUT2D eigenvalue weighted by Crippen LogP contribution is 2.15. The summed E-state index contributed by atoms with van der Waals surface area (Å²) in [5.74, 6) is -0.157. The quantitative estimate of drug-likeness (QED) is 0.287. The van der Waals surface area contributed by atoms with Crippen molar-refractivity contribution in [2.75, 3.05) is 0 Å². The fourth-order valence-electron chi connectivity index (χ4n) is 2.20. The Morgan fingerprint density at radius 3 is 2.21 bits per heavy atom. The number of hydrazone groups is 1. The van der Waals surface area contributed by atoms with Crippen molar-refractivity contribution in [3.8, 4) is 5.75 Å². The third-order valence-electron chi connectivity index (χ3n) is 3.61. The van der Waals surface area contributed by atoms with E-state index in [1.54, 1.807) is 66.7 Å². The topological polar surface area (TPSA) is 84.8 Å². The first kappa shape index (κ1) is 19.6. The number of ether oxygens (including phenoxy) is 1. The molecule has 0 radical (unpaired) electrons. The third-order valence-corrected chi connectivity index (χ3v) is 5.10. The number of hydrogen-bond acceptors (Lipinski definition) is 5. The van der Waals surface area contributed by atoms with Gasteiger partial charge < -0.3 is 4.74 Å². The molecule has 3 rings (SSSR count). The van der Waals surface area contributed by atoms with Gasteiger partial charge in [0.1, 0.15) is 5.75 Å². The van der Waals surface area contributed by atoms with Crippen molar-refractivity contribution < 1.29 is 17.9 Å². The Labute approximate surface area is 167 Å². The van der Waals surface area contributed by atoms with Crippen LogP contribution < -0.4 is 9.57 Å². The lowest BCUT2D eigenvalue weighted by molar-refractivity contribution is 0.0734. The van der Waals surface area contributed by atoms with E-state index in [1.165, 1.54) is 18.3 Å². The first-order valence-corrected chi connectivity index (χ1v) is 9.98. The zero-order valence-electron chi connectivity index (χ0n) is 14.4. The molecule has 0 atom stereocenters. The van der Waals surface area contributed by atoms with Crippen molar-refractivity contribution in [3.05, 3.63) is 95.0 Å². The first-order chi connectivity index (χ1) is 13.4. The van der Waals surface area contributed by atoms with E-state index < -0.39 is 16.0 Å². The summed E-state index contributed by atoms with van der Waals surface area (Å²) in [6, 6.07) is 20.7. The number of rotatable bonds is 6. The molecule has 0 aliphatic heterocycles. The number of hydrogen-bond donors (Lipinski definition) is 1. The lowest BCUT2D eigenvalue weighted by Gasteiger charge is -2.05. The molecule has 0 unspecified atom stereocenters. The van der Waals surface area contributed by atoms with Gasteiger partial charge in [-0.2, -0.15) is 13.5 Å². The van der Waals surface area contributed by atoms with Gasteiger partial charge in [0.2, 0.25) is 0 Å². The molecule has 0 saturated carbocycles. The molecule has 0 aliphatic carbocycles. The maximum absolute atomic E-state index is 12.1. The highest BCUT2D eigenvalue weighted by molar-refractivity contribution is 7.89. The Morgan fingerprint density at radius 2 is 1.57 bits per heavy atom. The van der Waals surface area contributed by atoms with Gasteiger partial charge in [-0.25, -0.2) is 9.63 Å².